The van der Waals surface area contributed by atoms with E-state index in [0.717, 1.165) is 12.8 Å². The Labute approximate surface area is 171 Å². The Hall–Kier alpha value is -3.62. The van der Waals surface area contributed by atoms with Crippen molar-refractivity contribution in [1.29, 1.82) is 0 Å². The highest BCUT2D eigenvalue weighted by molar-refractivity contribution is 5.97. The number of primary amides is 1. The van der Waals surface area contributed by atoms with E-state index in [1.807, 2.05) is 0 Å². The number of Topliss-reactive ketones (excluding diaryl/α,β-unsaturated/α-hetero) is 1. The molecule has 3 aromatic rings. The Bertz CT molecular complexity index is 1090. The van der Waals surface area contributed by atoms with E-state index in [2.05, 4.69) is 15.1 Å². The molecule has 1 aliphatic rings. The lowest BCUT2D eigenvalue weighted by molar-refractivity contribution is -0.117. The molecule has 0 saturated heterocycles. The van der Waals surface area contributed by atoms with Crippen LogP contribution in [0.15, 0.2) is 41.1 Å². The third-order valence-electron chi connectivity index (χ3n) is 4.72. The topological polar surface area (TPSA) is 121 Å². The van der Waals surface area contributed by atoms with Crippen molar-refractivity contribution in [2.75, 3.05) is 0 Å². The third kappa shape index (κ3) is 4.35. The van der Waals surface area contributed by atoms with Crippen LogP contribution in [0.3, 0.4) is 0 Å². The fraction of sp³-hybridized carbons (Fsp3) is 0.286. The highest BCUT2D eigenvalue weighted by atomic mass is 19.1. The summed E-state index contributed by atoms with van der Waals surface area (Å²) in [5.74, 6) is -0.183. The smallest absolute Gasteiger partial charge is 0.258 e. The van der Waals surface area contributed by atoms with Crippen molar-refractivity contribution in [2.45, 2.75) is 32.3 Å². The number of carbonyl (C=O) groups excluding carboxylic acids is 2. The molecule has 1 fully saturated rings. The first-order chi connectivity index (χ1) is 14.4. The summed E-state index contributed by atoms with van der Waals surface area (Å²) in [6.07, 6.45) is 2.58. The van der Waals surface area contributed by atoms with Crippen LogP contribution in [0.4, 0.5) is 4.39 Å². The zero-order chi connectivity index (χ0) is 21.3. The van der Waals surface area contributed by atoms with Crippen molar-refractivity contribution in [3.8, 4) is 17.2 Å². The summed E-state index contributed by atoms with van der Waals surface area (Å²) in [5, 5.41) is 3.88. The molecule has 9 heteroatoms. The number of amides is 1. The lowest BCUT2D eigenvalue weighted by Gasteiger charge is -2.10. The van der Waals surface area contributed by atoms with E-state index in [4.69, 9.17) is 15.0 Å². The van der Waals surface area contributed by atoms with E-state index in [0.29, 0.717) is 17.0 Å². The van der Waals surface area contributed by atoms with Gasteiger partial charge in [-0.15, -0.1) is 0 Å². The summed E-state index contributed by atoms with van der Waals surface area (Å²) >= 11 is 0. The summed E-state index contributed by atoms with van der Waals surface area (Å²) in [6, 6.07) is 7.55. The van der Waals surface area contributed by atoms with Gasteiger partial charge in [-0.25, -0.2) is 9.37 Å². The van der Waals surface area contributed by atoms with Gasteiger partial charge in [0.15, 0.2) is 11.9 Å². The van der Waals surface area contributed by atoms with Crippen molar-refractivity contribution in [1.82, 2.24) is 15.1 Å². The molecule has 2 heterocycles. The summed E-state index contributed by atoms with van der Waals surface area (Å²) in [6.45, 7) is 1.73. The van der Waals surface area contributed by atoms with Crippen LogP contribution in [0, 0.1) is 11.7 Å². The number of nitrogens with two attached hydrogens (primary N) is 1. The van der Waals surface area contributed by atoms with Crippen LogP contribution < -0.4 is 10.5 Å². The second-order valence-electron chi connectivity index (χ2n) is 7.18. The minimum absolute atomic E-state index is 0.0616. The van der Waals surface area contributed by atoms with Crippen LogP contribution in [-0.4, -0.2) is 26.8 Å². The van der Waals surface area contributed by atoms with E-state index in [1.54, 1.807) is 25.1 Å². The number of rotatable bonds is 8. The average Bonchev–Trinajstić information content (AvgIpc) is 3.45. The quantitative estimate of drug-likeness (QED) is 0.567. The molecule has 1 aliphatic carbocycles. The van der Waals surface area contributed by atoms with Gasteiger partial charge < -0.3 is 15.0 Å². The van der Waals surface area contributed by atoms with E-state index in [9.17, 15) is 14.0 Å². The van der Waals surface area contributed by atoms with Gasteiger partial charge in [-0.2, -0.15) is 4.98 Å². The first kappa shape index (κ1) is 19.7. The Kier molecular flexibility index (Phi) is 5.26. The number of pyridine rings is 1. The molecule has 0 aliphatic heterocycles. The molecule has 1 unspecified atom stereocenters. The van der Waals surface area contributed by atoms with E-state index in [-0.39, 0.29) is 35.4 Å². The van der Waals surface area contributed by atoms with Crippen molar-refractivity contribution < 1.29 is 23.2 Å². The highest BCUT2D eigenvalue weighted by Gasteiger charge is 2.31. The summed E-state index contributed by atoms with van der Waals surface area (Å²) in [7, 11) is 0. The van der Waals surface area contributed by atoms with Gasteiger partial charge in [0.2, 0.25) is 11.7 Å². The number of hydrogen-bond donors (Lipinski definition) is 1. The molecule has 30 heavy (non-hydrogen) atoms. The van der Waals surface area contributed by atoms with E-state index >= 15 is 0 Å². The second kappa shape index (κ2) is 8.02. The zero-order valence-electron chi connectivity index (χ0n) is 16.2. The van der Waals surface area contributed by atoms with Crippen molar-refractivity contribution in [3.05, 3.63) is 59.4 Å². The van der Waals surface area contributed by atoms with Gasteiger partial charge in [-0.3, -0.25) is 9.59 Å². The Morgan fingerprint density at radius 3 is 2.73 bits per heavy atom. The molecular weight excluding hydrogens is 391 g/mol. The SMILES string of the molecule is CC(Oc1ccc(C(=O)C2CC2)nc1)c1noc(-c2ccc(CC(N)=O)c(F)c2)n1. The minimum atomic E-state index is -0.618. The molecular formula is C21H19FN4O4. The van der Waals surface area contributed by atoms with Gasteiger partial charge in [0.25, 0.3) is 5.89 Å². The minimum Gasteiger partial charge on any atom is -0.481 e. The van der Waals surface area contributed by atoms with Crippen LogP contribution in [0.25, 0.3) is 11.5 Å². The van der Waals surface area contributed by atoms with Crippen LogP contribution in [-0.2, 0) is 11.2 Å². The average molecular weight is 410 g/mol. The van der Waals surface area contributed by atoms with Crippen molar-refractivity contribution >= 4 is 11.7 Å². The maximum Gasteiger partial charge on any atom is 0.258 e. The van der Waals surface area contributed by atoms with Crippen LogP contribution in [0.1, 0.15) is 47.7 Å². The van der Waals surface area contributed by atoms with Gasteiger partial charge in [0.1, 0.15) is 17.3 Å². The molecule has 4 rings (SSSR count). The first-order valence-corrected chi connectivity index (χ1v) is 9.48. The number of halogens is 1. The van der Waals surface area contributed by atoms with E-state index in [1.165, 1.54) is 18.3 Å². The molecule has 0 radical (unpaired) electrons. The molecule has 1 atom stereocenters. The largest absolute Gasteiger partial charge is 0.481 e. The lowest BCUT2D eigenvalue weighted by Crippen LogP contribution is -2.14. The van der Waals surface area contributed by atoms with Gasteiger partial charge in [0, 0.05) is 11.5 Å². The molecule has 2 N–H and O–H groups in total. The number of hydrogen-bond acceptors (Lipinski definition) is 7. The van der Waals surface area contributed by atoms with Crippen molar-refractivity contribution in [3.63, 3.8) is 0 Å². The highest BCUT2D eigenvalue weighted by Crippen LogP contribution is 2.32. The number of nitrogens with zero attached hydrogens (tertiary/aromatic N) is 3. The summed E-state index contributed by atoms with van der Waals surface area (Å²) in [4.78, 5) is 31.4. The Morgan fingerprint density at radius 2 is 2.10 bits per heavy atom. The zero-order valence-corrected chi connectivity index (χ0v) is 16.2. The molecule has 0 bridgehead atoms. The van der Waals surface area contributed by atoms with Crippen LogP contribution in [0.2, 0.25) is 0 Å². The number of carbonyl (C=O) groups is 2. The molecule has 0 spiro atoms. The van der Waals surface area contributed by atoms with Gasteiger partial charge in [-0.1, -0.05) is 11.2 Å². The standard InChI is InChI=1S/C21H19FN4O4/c1-11(29-15-6-7-17(24-10-15)19(28)12-2-3-12)20-25-21(30-26-20)14-5-4-13(9-18(23)27)16(22)8-14/h4-8,10-12H,2-3,9H2,1H3,(H2,23,27). The third-order valence-corrected chi connectivity index (χ3v) is 4.72. The van der Waals surface area contributed by atoms with Crippen LogP contribution in [0.5, 0.6) is 5.75 Å². The Morgan fingerprint density at radius 1 is 1.30 bits per heavy atom. The molecule has 8 nitrogen and oxygen atoms in total. The second-order valence-corrected chi connectivity index (χ2v) is 7.18. The van der Waals surface area contributed by atoms with E-state index < -0.39 is 17.8 Å². The van der Waals surface area contributed by atoms with Crippen LogP contribution >= 0.6 is 0 Å². The predicted molar refractivity (Wildman–Crippen MR) is 103 cm³/mol. The fourth-order valence-electron chi connectivity index (χ4n) is 2.94. The Balaban J connectivity index is 1.43. The maximum absolute atomic E-state index is 14.1. The predicted octanol–water partition coefficient (Wildman–Crippen LogP) is 3.03. The maximum atomic E-state index is 14.1. The molecule has 2 aromatic heterocycles. The summed E-state index contributed by atoms with van der Waals surface area (Å²) in [5.41, 5.74) is 6.10. The van der Waals surface area contributed by atoms with Gasteiger partial charge in [-0.05, 0) is 49.6 Å². The molecule has 1 saturated carbocycles. The monoisotopic (exact) mass is 410 g/mol. The summed E-state index contributed by atoms with van der Waals surface area (Å²) < 4.78 is 25.1. The molecule has 1 aromatic carbocycles. The lowest BCUT2D eigenvalue weighted by atomic mass is 10.1. The van der Waals surface area contributed by atoms with Crippen molar-refractivity contribution in [2.24, 2.45) is 11.7 Å². The first-order valence-electron chi connectivity index (χ1n) is 9.48. The fourth-order valence-corrected chi connectivity index (χ4v) is 2.94. The van der Waals surface area contributed by atoms with Gasteiger partial charge in [0.05, 0.1) is 12.6 Å². The normalized spacial score (nSPS) is 14.3. The molecule has 1 amide bonds. The molecule has 154 valence electrons. The number of ketones is 1. The van der Waals surface area contributed by atoms with Gasteiger partial charge >= 0.3 is 0 Å². The number of ether oxygens (including phenoxy) is 1. The number of aromatic nitrogens is 3. The number of benzene rings is 1.